The first-order valence-electron chi connectivity index (χ1n) is 3.22. The van der Waals surface area contributed by atoms with Gasteiger partial charge in [0.1, 0.15) is 5.69 Å². The minimum atomic E-state index is -0.986. The van der Waals surface area contributed by atoms with Crippen molar-refractivity contribution in [1.29, 1.82) is 0 Å². The summed E-state index contributed by atoms with van der Waals surface area (Å²) < 4.78 is 12.9. The van der Waals surface area contributed by atoms with E-state index in [1.165, 1.54) is 0 Å². The molecule has 0 N–H and O–H groups in total. The number of aldehydes is 1. The predicted molar refractivity (Wildman–Crippen MR) is 38.9 cm³/mol. The number of nitrogens with zero attached hydrogens (tertiary/aromatic N) is 2. The normalized spacial score (nSPS) is 21.6. The first-order valence-corrected chi connectivity index (χ1v) is 4.54. The number of fused-ring (bicyclic) bond motifs is 1. The van der Waals surface area contributed by atoms with Gasteiger partial charge in [0, 0.05) is 18.5 Å². The monoisotopic (exact) mass is 170 g/mol. The summed E-state index contributed by atoms with van der Waals surface area (Å²) in [6.07, 6.45) is 2.30. The molecule has 0 bridgehead atoms. The Labute approximate surface area is 65.7 Å². The fourth-order valence-corrected chi connectivity index (χ4v) is 2.25. The van der Waals surface area contributed by atoms with E-state index in [1.807, 2.05) is 0 Å². The molecular formula is C6H6N2O2S. The Balaban J connectivity index is 2.54. The molecule has 0 saturated heterocycles. The number of imidazole rings is 1. The highest BCUT2D eigenvalue weighted by atomic mass is 32.2. The minimum absolute atomic E-state index is 0.369. The Bertz CT molecular complexity index is 331. The van der Waals surface area contributed by atoms with Gasteiger partial charge < -0.3 is 4.57 Å². The van der Waals surface area contributed by atoms with Crippen LogP contribution in [0.15, 0.2) is 11.4 Å². The van der Waals surface area contributed by atoms with Crippen LogP contribution in [0.3, 0.4) is 0 Å². The molecule has 0 aliphatic carbocycles. The van der Waals surface area contributed by atoms with Crippen molar-refractivity contribution >= 4 is 17.1 Å². The highest BCUT2D eigenvalue weighted by Crippen LogP contribution is 2.13. The highest BCUT2D eigenvalue weighted by molar-refractivity contribution is 7.85. The number of hydrogen-bond acceptors (Lipinski definition) is 3. The quantitative estimate of drug-likeness (QED) is 0.549. The summed E-state index contributed by atoms with van der Waals surface area (Å²) >= 11 is 0. The van der Waals surface area contributed by atoms with E-state index < -0.39 is 10.8 Å². The third-order valence-corrected chi connectivity index (χ3v) is 2.89. The molecule has 0 unspecified atom stereocenters. The Kier molecular flexibility index (Phi) is 1.38. The molecule has 0 fully saturated rings. The van der Waals surface area contributed by atoms with E-state index in [0.29, 0.717) is 29.4 Å². The second-order valence-electron chi connectivity index (χ2n) is 2.31. The predicted octanol–water partition coefficient (Wildman–Crippen LogP) is -0.183. The van der Waals surface area contributed by atoms with E-state index in [9.17, 15) is 9.00 Å². The molecule has 11 heavy (non-hydrogen) atoms. The molecule has 1 aliphatic rings. The van der Waals surface area contributed by atoms with Gasteiger partial charge in [-0.15, -0.1) is 0 Å². The number of rotatable bonds is 1. The highest BCUT2D eigenvalue weighted by Gasteiger charge is 2.20. The first-order chi connectivity index (χ1) is 5.31. The summed E-state index contributed by atoms with van der Waals surface area (Å²) in [5, 5.41) is 0.534. The average molecular weight is 170 g/mol. The lowest BCUT2D eigenvalue weighted by molar-refractivity contribution is 0.111. The molecule has 0 aromatic carbocycles. The van der Waals surface area contributed by atoms with Crippen LogP contribution in [0.5, 0.6) is 0 Å². The van der Waals surface area contributed by atoms with Crippen molar-refractivity contribution in [3.05, 3.63) is 11.9 Å². The molecule has 1 aromatic heterocycles. The van der Waals surface area contributed by atoms with E-state index in [2.05, 4.69) is 4.98 Å². The molecule has 58 valence electrons. The van der Waals surface area contributed by atoms with Crippen LogP contribution in [-0.2, 0) is 17.3 Å². The lowest BCUT2D eigenvalue weighted by Crippen LogP contribution is -1.91. The summed E-state index contributed by atoms with van der Waals surface area (Å²) in [6, 6.07) is 0. The van der Waals surface area contributed by atoms with Crippen LogP contribution < -0.4 is 0 Å². The molecule has 1 aromatic rings. The zero-order valence-electron chi connectivity index (χ0n) is 5.69. The van der Waals surface area contributed by atoms with E-state index in [4.69, 9.17) is 0 Å². The molecule has 5 heteroatoms. The number of aryl methyl sites for hydroxylation is 1. The second kappa shape index (κ2) is 2.27. The molecule has 1 atom stereocenters. The van der Waals surface area contributed by atoms with Crippen LogP contribution in [-0.4, -0.2) is 25.8 Å². The molecule has 2 rings (SSSR count). The van der Waals surface area contributed by atoms with Gasteiger partial charge in [0.2, 0.25) is 0 Å². The van der Waals surface area contributed by atoms with E-state index in [-0.39, 0.29) is 0 Å². The summed E-state index contributed by atoms with van der Waals surface area (Å²) in [6.45, 7) is 0.711. The topological polar surface area (TPSA) is 52.0 Å². The molecule has 0 spiro atoms. The Hall–Kier alpha value is -0.970. The van der Waals surface area contributed by atoms with Crippen LogP contribution in [0.1, 0.15) is 10.5 Å². The Morgan fingerprint density at radius 2 is 2.55 bits per heavy atom. The van der Waals surface area contributed by atoms with Crippen LogP contribution in [0.25, 0.3) is 0 Å². The number of aromatic nitrogens is 2. The van der Waals surface area contributed by atoms with E-state index in [0.717, 1.165) is 0 Å². The fourth-order valence-electron chi connectivity index (χ4n) is 1.09. The summed E-state index contributed by atoms with van der Waals surface area (Å²) in [4.78, 5) is 14.1. The zero-order chi connectivity index (χ0) is 7.84. The van der Waals surface area contributed by atoms with Crippen LogP contribution >= 0.6 is 0 Å². The van der Waals surface area contributed by atoms with Crippen molar-refractivity contribution < 1.29 is 9.00 Å². The summed E-state index contributed by atoms with van der Waals surface area (Å²) in [5.41, 5.74) is 0.369. The van der Waals surface area contributed by atoms with Gasteiger partial charge >= 0.3 is 0 Å². The average Bonchev–Trinajstić information content (AvgIpc) is 2.53. The van der Waals surface area contributed by atoms with Crippen LogP contribution in [0.2, 0.25) is 0 Å². The van der Waals surface area contributed by atoms with Gasteiger partial charge in [0.15, 0.2) is 11.4 Å². The number of carbonyl (C=O) groups is 1. The standard InChI is InChI=1S/C6H6N2O2S/c9-4-5-3-8-1-2-11(10)6(8)7-5/h3-4H,1-2H2/t11-/m1/s1. The molecule has 0 amide bonds. The maximum absolute atomic E-state index is 11.1. The van der Waals surface area contributed by atoms with Gasteiger partial charge in [-0.25, -0.2) is 4.98 Å². The van der Waals surface area contributed by atoms with E-state index in [1.54, 1.807) is 10.8 Å². The van der Waals surface area contributed by atoms with Crippen molar-refractivity contribution in [3.8, 4) is 0 Å². The van der Waals surface area contributed by atoms with Gasteiger partial charge in [-0.2, -0.15) is 0 Å². The Morgan fingerprint density at radius 3 is 3.18 bits per heavy atom. The molecule has 0 saturated carbocycles. The smallest absolute Gasteiger partial charge is 0.199 e. The largest absolute Gasteiger partial charge is 0.322 e. The van der Waals surface area contributed by atoms with Crippen molar-refractivity contribution in [3.63, 3.8) is 0 Å². The van der Waals surface area contributed by atoms with Crippen LogP contribution in [0.4, 0.5) is 0 Å². The van der Waals surface area contributed by atoms with Crippen molar-refractivity contribution in [2.45, 2.75) is 11.7 Å². The van der Waals surface area contributed by atoms with Crippen LogP contribution in [0, 0.1) is 0 Å². The van der Waals surface area contributed by atoms with Crippen molar-refractivity contribution in [2.75, 3.05) is 5.75 Å². The first kappa shape index (κ1) is 6.72. The molecule has 1 aliphatic heterocycles. The lowest BCUT2D eigenvalue weighted by atomic mass is 10.5. The van der Waals surface area contributed by atoms with Gasteiger partial charge in [-0.1, -0.05) is 0 Å². The number of carbonyl (C=O) groups excluding carboxylic acids is 1. The number of hydrogen-bond donors (Lipinski definition) is 0. The third-order valence-electron chi connectivity index (χ3n) is 1.60. The van der Waals surface area contributed by atoms with E-state index >= 15 is 0 Å². The second-order valence-corrected chi connectivity index (χ2v) is 3.77. The molecule has 0 radical (unpaired) electrons. The summed E-state index contributed by atoms with van der Waals surface area (Å²) in [7, 11) is -0.986. The fraction of sp³-hybridized carbons (Fsp3) is 0.333. The van der Waals surface area contributed by atoms with Gasteiger partial charge in [-0.05, 0) is 0 Å². The SMILES string of the molecule is O=Cc1cn2c(n1)[S@](=O)CC2. The molecule has 4 nitrogen and oxygen atoms in total. The summed E-state index contributed by atoms with van der Waals surface area (Å²) in [5.74, 6) is 0.626. The minimum Gasteiger partial charge on any atom is -0.322 e. The zero-order valence-corrected chi connectivity index (χ0v) is 6.50. The van der Waals surface area contributed by atoms with Crippen molar-refractivity contribution in [2.24, 2.45) is 0 Å². The maximum Gasteiger partial charge on any atom is 0.199 e. The van der Waals surface area contributed by atoms with Crippen molar-refractivity contribution in [1.82, 2.24) is 9.55 Å². The lowest BCUT2D eigenvalue weighted by Gasteiger charge is -1.86. The van der Waals surface area contributed by atoms with Gasteiger partial charge in [-0.3, -0.25) is 9.00 Å². The van der Waals surface area contributed by atoms with Gasteiger partial charge in [0.05, 0.1) is 10.8 Å². The Morgan fingerprint density at radius 1 is 1.73 bits per heavy atom. The third kappa shape index (κ3) is 0.920. The van der Waals surface area contributed by atoms with Gasteiger partial charge in [0.25, 0.3) is 0 Å². The maximum atomic E-state index is 11.1. The molecule has 2 heterocycles. The molecular weight excluding hydrogens is 164 g/mol.